The molecule has 2 N–H and O–H groups in total. The van der Waals surface area contributed by atoms with Crippen LogP contribution in [0.5, 0.6) is 11.5 Å². The normalized spacial score (nSPS) is 10.5. The summed E-state index contributed by atoms with van der Waals surface area (Å²) >= 11 is 24.2. The Balaban J connectivity index is 1.79. The number of aryl methyl sites for hydroxylation is 2. The largest absolute Gasteiger partial charge is 0.454 e. The van der Waals surface area contributed by atoms with Crippen molar-refractivity contribution in [3.8, 4) is 11.5 Å². The summed E-state index contributed by atoms with van der Waals surface area (Å²) in [5, 5.41) is 7.02. The average Bonchev–Trinajstić information content (AvgIpc) is 2.70. The molecule has 31 heavy (non-hydrogen) atoms. The zero-order valence-corrected chi connectivity index (χ0v) is 20.1. The Morgan fingerprint density at radius 2 is 1.68 bits per heavy atom. The lowest BCUT2D eigenvalue weighted by molar-refractivity contribution is 0.0978. The van der Waals surface area contributed by atoms with Crippen molar-refractivity contribution < 1.29 is 9.53 Å². The number of rotatable bonds is 4. The van der Waals surface area contributed by atoms with E-state index in [2.05, 4.69) is 10.6 Å². The number of halogens is 3. The molecule has 0 unspecified atom stereocenters. The third kappa shape index (κ3) is 5.49. The Hall–Kier alpha value is -2.31. The van der Waals surface area contributed by atoms with Gasteiger partial charge in [-0.2, -0.15) is 0 Å². The first-order chi connectivity index (χ1) is 14.7. The third-order valence-corrected chi connectivity index (χ3v) is 5.83. The van der Waals surface area contributed by atoms with Gasteiger partial charge in [0.15, 0.2) is 5.11 Å². The van der Waals surface area contributed by atoms with Crippen molar-refractivity contribution in [1.29, 1.82) is 0 Å². The summed E-state index contributed by atoms with van der Waals surface area (Å²) in [4.78, 5) is 12.4. The summed E-state index contributed by atoms with van der Waals surface area (Å²) in [6.07, 6.45) is 0. The van der Waals surface area contributed by atoms with Gasteiger partial charge in [-0.3, -0.25) is 10.1 Å². The predicted octanol–water partition coefficient (Wildman–Crippen LogP) is 7.49. The van der Waals surface area contributed by atoms with Crippen molar-refractivity contribution >= 4 is 63.7 Å². The van der Waals surface area contributed by atoms with Gasteiger partial charge in [0.05, 0.1) is 20.6 Å². The molecule has 160 valence electrons. The van der Waals surface area contributed by atoms with E-state index >= 15 is 0 Å². The molecule has 0 heterocycles. The highest BCUT2D eigenvalue weighted by atomic mass is 35.5. The number of nitrogens with one attached hydrogen (secondary N) is 2. The van der Waals surface area contributed by atoms with E-state index in [9.17, 15) is 4.79 Å². The first kappa shape index (κ1) is 23.4. The van der Waals surface area contributed by atoms with E-state index in [1.165, 1.54) is 0 Å². The molecule has 0 bridgehead atoms. The number of carbonyl (C=O) groups is 1. The fourth-order valence-electron chi connectivity index (χ4n) is 2.88. The highest BCUT2D eigenvalue weighted by molar-refractivity contribution is 7.80. The first-order valence-corrected chi connectivity index (χ1v) is 10.8. The molecule has 0 saturated heterocycles. The minimum Gasteiger partial charge on any atom is -0.454 e. The maximum Gasteiger partial charge on any atom is 0.258 e. The molecule has 3 rings (SSSR count). The van der Waals surface area contributed by atoms with Crippen LogP contribution in [0.4, 0.5) is 5.69 Å². The first-order valence-electron chi connectivity index (χ1n) is 9.28. The molecule has 0 aliphatic heterocycles. The summed E-state index contributed by atoms with van der Waals surface area (Å²) < 4.78 is 5.99. The summed E-state index contributed by atoms with van der Waals surface area (Å²) in [5.74, 6) is 0.610. The van der Waals surface area contributed by atoms with Crippen LogP contribution in [0.2, 0.25) is 15.1 Å². The van der Waals surface area contributed by atoms with Crippen molar-refractivity contribution in [2.24, 2.45) is 0 Å². The molecule has 0 aliphatic rings. The lowest BCUT2D eigenvalue weighted by atomic mass is 10.1. The number of hydrogen-bond acceptors (Lipinski definition) is 3. The van der Waals surface area contributed by atoms with Crippen molar-refractivity contribution in [3.63, 3.8) is 0 Å². The van der Waals surface area contributed by atoms with Crippen LogP contribution >= 0.6 is 47.0 Å². The fourth-order valence-corrected chi connectivity index (χ4v) is 3.86. The van der Waals surface area contributed by atoms with Gasteiger partial charge in [0, 0.05) is 5.69 Å². The molecule has 0 saturated carbocycles. The topological polar surface area (TPSA) is 50.4 Å². The summed E-state index contributed by atoms with van der Waals surface area (Å²) in [5.41, 5.74) is 3.49. The van der Waals surface area contributed by atoms with Gasteiger partial charge in [-0.25, -0.2) is 0 Å². The van der Waals surface area contributed by atoms with Crippen molar-refractivity contribution in [1.82, 2.24) is 5.32 Å². The van der Waals surface area contributed by atoms with Gasteiger partial charge in [-0.15, -0.1) is 0 Å². The van der Waals surface area contributed by atoms with E-state index in [-0.39, 0.29) is 5.11 Å². The number of ether oxygens (including phenoxy) is 1. The van der Waals surface area contributed by atoms with Crippen LogP contribution in [0, 0.1) is 20.8 Å². The molecule has 3 aromatic carbocycles. The van der Waals surface area contributed by atoms with Gasteiger partial charge in [-0.05, 0) is 80.0 Å². The molecular weight excluding hydrogens is 475 g/mol. The zero-order chi connectivity index (χ0) is 22.7. The summed E-state index contributed by atoms with van der Waals surface area (Å²) in [6.45, 7) is 5.64. The van der Waals surface area contributed by atoms with Crippen molar-refractivity contribution in [2.75, 3.05) is 5.32 Å². The monoisotopic (exact) mass is 492 g/mol. The maximum absolute atomic E-state index is 12.4. The van der Waals surface area contributed by atoms with E-state index in [0.717, 1.165) is 11.1 Å². The number of benzene rings is 3. The van der Waals surface area contributed by atoms with Crippen LogP contribution in [0.3, 0.4) is 0 Å². The van der Waals surface area contributed by atoms with Crippen LogP contribution in [-0.2, 0) is 0 Å². The molecule has 0 fully saturated rings. The number of anilines is 1. The van der Waals surface area contributed by atoms with Crippen LogP contribution in [0.15, 0.2) is 48.5 Å². The summed E-state index contributed by atoms with van der Waals surface area (Å²) in [6, 6.07) is 14.1. The SMILES string of the molecule is Cc1ccc(Oc2c(C)cc(NC(=S)NC(=O)c3ccccc3Cl)c(C)c2Cl)c(Cl)c1. The standard InChI is InChI=1S/C23H19Cl3N2O2S/c1-12-8-9-19(17(25)10-12)30-21-13(2)11-18(14(3)20(21)26)27-23(31)28-22(29)15-6-4-5-7-16(15)24/h4-11H,1-3H3,(H2,27,28,29,31). The number of carbonyl (C=O) groups excluding carboxylic acids is 1. The van der Waals surface area contributed by atoms with Gasteiger partial charge in [0.2, 0.25) is 0 Å². The highest BCUT2D eigenvalue weighted by Crippen LogP contribution is 2.40. The smallest absolute Gasteiger partial charge is 0.258 e. The second kappa shape index (κ2) is 9.88. The zero-order valence-electron chi connectivity index (χ0n) is 17.0. The Morgan fingerprint density at radius 3 is 2.35 bits per heavy atom. The molecule has 0 atom stereocenters. The molecule has 8 heteroatoms. The maximum atomic E-state index is 12.4. The van der Waals surface area contributed by atoms with Crippen LogP contribution in [0.25, 0.3) is 0 Å². The van der Waals surface area contributed by atoms with E-state index in [0.29, 0.717) is 43.4 Å². The van der Waals surface area contributed by atoms with Gasteiger partial charge in [0.1, 0.15) is 11.5 Å². The highest BCUT2D eigenvalue weighted by Gasteiger charge is 2.17. The lowest BCUT2D eigenvalue weighted by Gasteiger charge is -2.18. The molecule has 0 aliphatic carbocycles. The van der Waals surface area contributed by atoms with Gasteiger partial charge in [0.25, 0.3) is 5.91 Å². The predicted molar refractivity (Wildman–Crippen MR) is 132 cm³/mol. The second-order valence-electron chi connectivity index (χ2n) is 6.93. The fraction of sp³-hybridized carbons (Fsp3) is 0.130. The van der Waals surface area contributed by atoms with Crippen LogP contribution < -0.4 is 15.4 Å². The van der Waals surface area contributed by atoms with Crippen LogP contribution in [0.1, 0.15) is 27.0 Å². The third-order valence-electron chi connectivity index (χ3n) is 4.54. The van der Waals surface area contributed by atoms with E-state index in [1.807, 2.05) is 39.0 Å². The average molecular weight is 494 g/mol. The molecule has 1 amide bonds. The molecule has 4 nitrogen and oxygen atoms in total. The van der Waals surface area contributed by atoms with Gasteiger partial charge < -0.3 is 10.1 Å². The lowest BCUT2D eigenvalue weighted by Crippen LogP contribution is -2.34. The minimum atomic E-state index is -0.405. The Kier molecular flexibility index (Phi) is 7.44. The molecule has 0 radical (unpaired) electrons. The Labute approximate surface area is 201 Å². The number of hydrogen-bond donors (Lipinski definition) is 2. The molecule has 0 aromatic heterocycles. The van der Waals surface area contributed by atoms with Crippen molar-refractivity contribution in [3.05, 3.63) is 85.9 Å². The quantitative estimate of drug-likeness (QED) is 0.370. The number of amides is 1. The minimum absolute atomic E-state index is 0.124. The Morgan fingerprint density at radius 1 is 0.968 bits per heavy atom. The molecule has 0 spiro atoms. The Bertz CT molecular complexity index is 1180. The van der Waals surface area contributed by atoms with Gasteiger partial charge in [-0.1, -0.05) is 53.0 Å². The second-order valence-corrected chi connectivity index (χ2v) is 8.53. The molecular formula is C23H19Cl3N2O2S. The van der Waals surface area contributed by atoms with E-state index in [1.54, 1.807) is 30.3 Å². The summed E-state index contributed by atoms with van der Waals surface area (Å²) in [7, 11) is 0. The van der Waals surface area contributed by atoms with E-state index < -0.39 is 5.91 Å². The van der Waals surface area contributed by atoms with Crippen molar-refractivity contribution in [2.45, 2.75) is 20.8 Å². The molecule has 3 aromatic rings. The number of thiocarbonyl (C=S) groups is 1. The van der Waals surface area contributed by atoms with E-state index in [4.69, 9.17) is 51.8 Å². The van der Waals surface area contributed by atoms with Gasteiger partial charge >= 0.3 is 0 Å². The van der Waals surface area contributed by atoms with Crippen LogP contribution in [-0.4, -0.2) is 11.0 Å².